The van der Waals surface area contributed by atoms with Gasteiger partial charge in [0.05, 0.1) is 12.0 Å². The molecule has 0 unspecified atom stereocenters. The van der Waals surface area contributed by atoms with Gasteiger partial charge in [0, 0.05) is 37.8 Å². The van der Waals surface area contributed by atoms with Crippen LogP contribution in [0.15, 0.2) is 23.1 Å². The van der Waals surface area contributed by atoms with Gasteiger partial charge < -0.3 is 10.1 Å². The van der Waals surface area contributed by atoms with E-state index >= 15 is 0 Å². The highest BCUT2D eigenvalue weighted by molar-refractivity contribution is 7.89. The van der Waals surface area contributed by atoms with Gasteiger partial charge in [0.25, 0.3) is 5.69 Å². The maximum Gasteiger partial charge on any atom is 0.271 e. The van der Waals surface area contributed by atoms with Crippen molar-refractivity contribution < 1.29 is 18.1 Å². The third kappa shape index (κ3) is 2.99. The molecule has 0 bridgehead atoms. The number of rotatable bonds is 4. The first-order valence-electron chi connectivity index (χ1n) is 6.43. The molecule has 1 heterocycles. The van der Waals surface area contributed by atoms with Crippen molar-refractivity contribution in [2.45, 2.75) is 17.9 Å². The molecule has 0 spiro atoms. The Hall–Kier alpha value is -1.71. The largest absolute Gasteiger partial charge is 0.495 e. The molecule has 0 aliphatic carbocycles. The lowest BCUT2D eigenvalue weighted by Gasteiger charge is -2.33. The molecule has 9 heteroatoms. The second-order valence-corrected chi connectivity index (χ2v) is 6.62. The minimum Gasteiger partial charge on any atom is -0.495 e. The van der Waals surface area contributed by atoms with Crippen LogP contribution in [0.2, 0.25) is 0 Å². The molecular weight excluding hydrogens is 298 g/mol. The normalized spacial score (nSPS) is 20.2. The fourth-order valence-electron chi connectivity index (χ4n) is 2.29. The number of hydrogen-bond donors (Lipinski definition) is 1. The second kappa shape index (κ2) is 5.96. The number of hydrogen-bond acceptors (Lipinski definition) is 6. The molecule has 0 radical (unpaired) electrons. The number of nitro benzene ring substituents is 1. The summed E-state index contributed by atoms with van der Waals surface area (Å²) < 4.78 is 31.9. The van der Waals surface area contributed by atoms with Crippen LogP contribution in [0.5, 0.6) is 5.75 Å². The van der Waals surface area contributed by atoms with E-state index in [0.29, 0.717) is 19.6 Å². The van der Waals surface area contributed by atoms with E-state index in [0.717, 1.165) is 6.07 Å². The van der Waals surface area contributed by atoms with Gasteiger partial charge in [0.1, 0.15) is 10.6 Å². The van der Waals surface area contributed by atoms with E-state index in [1.54, 1.807) is 6.92 Å². The Balaban J connectivity index is 2.52. The van der Waals surface area contributed by atoms with Crippen LogP contribution in [0.1, 0.15) is 6.92 Å². The second-order valence-electron chi connectivity index (χ2n) is 4.76. The number of nitrogens with one attached hydrogen (secondary N) is 1. The van der Waals surface area contributed by atoms with Gasteiger partial charge in [-0.3, -0.25) is 10.1 Å². The first-order chi connectivity index (χ1) is 9.87. The molecule has 1 aliphatic heterocycles. The van der Waals surface area contributed by atoms with Crippen LogP contribution >= 0.6 is 0 Å². The lowest BCUT2D eigenvalue weighted by atomic mass is 10.3. The van der Waals surface area contributed by atoms with Crippen molar-refractivity contribution in [3.05, 3.63) is 28.3 Å². The maximum absolute atomic E-state index is 12.7. The Morgan fingerprint density at radius 3 is 2.76 bits per heavy atom. The summed E-state index contributed by atoms with van der Waals surface area (Å²) in [5.74, 6) is 0.103. The summed E-state index contributed by atoms with van der Waals surface area (Å²) in [6.45, 7) is 3.18. The Labute approximate surface area is 122 Å². The summed E-state index contributed by atoms with van der Waals surface area (Å²) in [6, 6.07) is 3.34. The van der Waals surface area contributed by atoms with Crippen LogP contribution in [0.3, 0.4) is 0 Å². The quantitative estimate of drug-likeness (QED) is 0.644. The van der Waals surface area contributed by atoms with Crippen LogP contribution in [0, 0.1) is 10.1 Å². The zero-order chi connectivity index (χ0) is 15.6. The number of piperazine rings is 1. The van der Waals surface area contributed by atoms with E-state index in [2.05, 4.69) is 5.32 Å². The maximum atomic E-state index is 12.7. The zero-order valence-corrected chi connectivity index (χ0v) is 12.6. The summed E-state index contributed by atoms with van der Waals surface area (Å²) >= 11 is 0. The zero-order valence-electron chi connectivity index (χ0n) is 11.8. The molecule has 1 saturated heterocycles. The van der Waals surface area contributed by atoms with E-state index in [9.17, 15) is 18.5 Å². The number of methoxy groups -OCH3 is 1. The fraction of sp³-hybridized carbons (Fsp3) is 0.500. The van der Waals surface area contributed by atoms with Gasteiger partial charge in [0.15, 0.2) is 0 Å². The van der Waals surface area contributed by atoms with E-state index in [1.165, 1.54) is 23.5 Å². The number of benzene rings is 1. The van der Waals surface area contributed by atoms with Gasteiger partial charge in [-0.2, -0.15) is 4.31 Å². The summed E-state index contributed by atoms with van der Waals surface area (Å²) in [7, 11) is -2.51. The average Bonchev–Trinajstić information content (AvgIpc) is 2.46. The molecule has 0 amide bonds. The van der Waals surface area contributed by atoms with Crippen molar-refractivity contribution in [1.29, 1.82) is 0 Å². The van der Waals surface area contributed by atoms with Crippen LogP contribution in [-0.4, -0.2) is 50.4 Å². The van der Waals surface area contributed by atoms with Crippen LogP contribution in [-0.2, 0) is 10.0 Å². The first kappa shape index (κ1) is 15.7. The number of ether oxygens (including phenoxy) is 1. The lowest BCUT2D eigenvalue weighted by molar-refractivity contribution is -0.385. The van der Waals surface area contributed by atoms with Gasteiger partial charge in [0.2, 0.25) is 10.0 Å². The standard InChI is InChI=1S/C12H17N3O5S/c1-9-8-13-5-6-14(9)21(18,19)12-7-10(15(16)17)3-4-11(12)20-2/h3-4,7,9,13H,5-6,8H2,1-2H3/t9-/m0/s1. The minimum absolute atomic E-state index is 0.103. The third-order valence-electron chi connectivity index (χ3n) is 3.38. The Kier molecular flexibility index (Phi) is 4.45. The summed E-state index contributed by atoms with van der Waals surface area (Å²) in [5, 5.41) is 14.0. The molecule has 1 atom stereocenters. The molecule has 1 aliphatic rings. The number of nitrogens with zero attached hydrogens (tertiary/aromatic N) is 2. The van der Waals surface area contributed by atoms with Crippen LogP contribution < -0.4 is 10.1 Å². The van der Waals surface area contributed by atoms with E-state index in [1.807, 2.05) is 0 Å². The van der Waals surface area contributed by atoms with E-state index in [-0.39, 0.29) is 22.4 Å². The average molecular weight is 315 g/mol. The number of non-ortho nitro benzene ring substituents is 1. The molecule has 8 nitrogen and oxygen atoms in total. The molecule has 21 heavy (non-hydrogen) atoms. The number of nitro groups is 1. The van der Waals surface area contributed by atoms with Crippen molar-refractivity contribution in [3.63, 3.8) is 0 Å². The Morgan fingerprint density at radius 2 is 2.19 bits per heavy atom. The first-order valence-corrected chi connectivity index (χ1v) is 7.87. The van der Waals surface area contributed by atoms with E-state index < -0.39 is 14.9 Å². The van der Waals surface area contributed by atoms with Gasteiger partial charge in [-0.15, -0.1) is 0 Å². The number of sulfonamides is 1. The van der Waals surface area contributed by atoms with Gasteiger partial charge in [-0.25, -0.2) is 8.42 Å². The van der Waals surface area contributed by atoms with Gasteiger partial charge in [-0.05, 0) is 13.0 Å². The highest BCUT2D eigenvalue weighted by Gasteiger charge is 2.34. The van der Waals surface area contributed by atoms with E-state index in [4.69, 9.17) is 4.74 Å². The molecule has 0 saturated carbocycles. The molecular formula is C12H17N3O5S. The molecule has 1 fully saturated rings. The Bertz CT molecular complexity index is 646. The van der Waals surface area contributed by atoms with Crippen molar-refractivity contribution in [1.82, 2.24) is 9.62 Å². The molecule has 0 aromatic heterocycles. The lowest BCUT2D eigenvalue weighted by Crippen LogP contribution is -2.52. The smallest absolute Gasteiger partial charge is 0.271 e. The molecule has 1 N–H and O–H groups in total. The minimum atomic E-state index is -3.85. The van der Waals surface area contributed by atoms with Crippen molar-refractivity contribution in [2.75, 3.05) is 26.7 Å². The summed E-state index contributed by atoms with van der Waals surface area (Å²) in [5.41, 5.74) is -0.280. The predicted octanol–water partition coefficient (Wildman–Crippen LogP) is 0.586. The summed E-state index contributed by atoms with van der Waals surface area (Å²) in [4.78, 5) is 10.1. The Morgan fingerprint density at radius 1 is 1.48 bits per heavy atom. The highest BCUT2D eigenvalue weighted by atomic mass is 32.2. The van der Waals surface area contributed by atoms with Crippen molar-refractivity contribution in [3.8, 4) is 5.75 Å². The molecule has 1 aromatic rings. The molecule has 1 aromatic carbocycles. The highest BCUT2D eigenvalue weighted by Crippen LogP contribution is 2.31. The van der Waals surface area contributed by atoms with Crippen molar-refractivity contribution >= 4 is 15.7 Å². The van der Waals surface area contributed by atoms with Crippen LogP contribution in [0.25, 0.3) is 0 Å². The van der Waals surface area contributed by atoms with Crippen molar-refractivity contribution in [2.24, 2.45) is 0 Å². The molecule has 2 rings (SSSR count). The third-order valence-corrected chi connectivity index (χ3v) is 5.42. The van der Waals surface area contributed by atoms with Crippen LogP contribution in [0.4, 0.5) is 5.69 Å². The molecule has 116 valence electrons. The monoisotopic (exact) mass is 315 g/mol. The fourth-order valence-corrected chi connectivity index (χ4v) is 4.09. The SMILES string of the molecule is COc1ccc([N+](=O)[O-])cc1S(=O)(=O)N1CCNC[C@@H]1C. The predicted molar refractivity (Wildman–Crippen MR) is 75.9 cm³/mol. The topological polar surface area (TPSA) is 102 Å². The van der Waals surface area contributed by atoms with Gasteiger partial charge in [-0.1, -0.05) is 0 Å². The van der Waals surface area contributed by atoms with Gasteiger partial charge >= 0.3 is 0 Å². The summed E-state index contributed by atoms with van der Waals surface area (Å²) in [6.07, 6.45) is 0.